The fraction of sp³-hybridized carbons (Fsp3) is 0.426. The molecule has 1 aliphatic carbocycles. The number of nitrogens with zero attached hydrogens (tertiary/aromatic N) is 8. The SMILES string of the molecule is Nc1ncnc2c1c(-c1ccc(Oc3ccccc3)cc1)nn2C1CCCCC1.O=C1CCC(N2C(=O)c3cccc(N4CCN(CCCN5CCNCC5)CC4)c3C2=O)C(=O)N1. The lowest BCUT2D eigenvalue weighted by Crippen LogP contribution is -2.54. The van der Waals surface area contributed by atoms with Crippen LogP contribution < -0.4 is 26.0 Å². The molecule has 0 bridgehead atoms. The average Bonchev–Trinajstić information content (AvgIpc) is 3.83. The number of para-hydroxylation sites is 1. The van der Waals surface area contributed by atoms with E-state index in [0.29, 0.717) is 23.0 Å². The number of carbonyl (C=O) groups is 4. The second-order valence-electron chi connectivity index (χ2n) is 16.9. The van der Waals surface area contributed by atoms with E-state index in [1.165, 1.54) is 25.6 Å². The van der Waals surface area contributed by atoms with Crippen LogP contribution in [0.15, 0.2) is 79.1 Å². The fourth-order valence-corrected chi connectivity index (χ4v) is 9.51. The van der Waals surface area contributed by atoms with Gasteiger partial charge in [-0.1, -0.05) is 43.5 Å². The van der Waals surface area contributed by atoms with Crippen molar-refractivity contribution in [1.29, 1.82) is 0 Å². The summed E-state index contributed by atoms with van der Waals surface area (Å²) in [6.45, 7) is 9.95. The smallest absolute Gasteiger partial charge is 0.264 e. The van der Waals surface area contributed by atoms with Gasteiger partial charge in [-0.25, -0.2) is 14.6 Å². The molecule has 1 saturated carbocycles. The van der Waals surface area contributed by atoms with Crippen molar-refractivity contribution in [3.63, 3.8) is 0 Å². The second kappa shape index (κ2) is 19.0. The molecule has 4 fully saturated rings. The molecule has 3 aromatic carbocycles. The number of nitrogen functional groups attached to an aromatic ring is 1. The van der Waals surface area contributed by atoms with Crippen LogP contribution in [-0.2, 0) is 9.59 Å². The Morgan fingerprint density at radius 3 is 2.17 bits per heavy atom. The van der Waals surface area contributed by atoms with E-state index < -0.39 is 23.8 Å². The van der Waals surface area contributed by atoms with Gasteiger partial charge in [-0.2, -0.15) is 5.10 Å². The number of aromatic nitrogens is 4. The van der Waals surface area contributed by atoms with Crippen molar-refractivity contribution in [1.82, 2.24) is 45.1 Å². The first kappa shape index (κ1) is 42.1. The van der Waals surface area contributed by atoms with Crippen LogP contribution >= 0.6 is 0 Å². The van der Waals surface area contributed by atoms with Gasteiger partial charge in [0.25, 0.3) is 11.8 Å². The molecule has 0 spiro atoms. The Morgan fingerprint density at radius 2 is 1.44 bits per heavy atom. The summed E-state index contributed by atoms with van der Waals surface area (Å²) in [5, 5.41) is 11.4. The van der Waals surface area contributed by atoms with Gasteiger partial charge in [0.15, 0.2) is 5.65 Å². The Labute approximate surface area is 366 Å². The Balaban J connectivity index is 0.000000162. The molecule has 16 heteroatoms. The van der Waals surface area contributed by atoms with Gasteiger partial charge in [0.1, 0.15) is 35.4 Å². The summed E-state index contributed by atoms with van der Waals surface area (Å²) in [6.07, 6.45) is 8.97. The van der Waals surface area contributed by atoms with Crippen LogP contribution in [0, 0.1) is 0 Å². The normalized spacial score (nSPS) is 20.1. The predicted octanol–water partition coefficient (Wildman–Crippen LogP) is 4.88. The van der Waals surface area contributed by atoms with E-state index in [-0.39, 0.29) is 18.7 Å². The first-order chi connectivity index (χ1) is 30.8. The lowest BCUT2D eigenvalue weighted by Gasteiger charge is -2.37. The molecule has 3 saturated heterocycles. The number of amides is 4. The quantitative estimate of drug-likeness (QED) is 0.162. The highest BCUT2D eigenvalue weighted by atomic mass is 16.5. The lowest BCUT2D eigenvalue weighted by atomic mass is 9.96. The first-order valence-corrected chi connectivity index (χ1v) is 22.4. The van der Waals surface area contributed by atoms with Crippen molar-refractivity contribution in [3.8, 4) is 22.8 Å². The highest BCUT2D eigenvalue weighted by Crippen LogP contribution is 2.37. The number of fused-ring (bicyclic) bond motifs is 2. The van der Waals surface area contributed by atoms with Crippen LogP contribution in [0.25, 0.3) is 22.3 Å². The zero-order valence-corrected chi connectivity index (χ0v) is 35.6. The number of hydrogen-bond donors (Lipinski definition) is 3. The van der Waals surface area contributed by atoms with E-state index in [9.17, 15) is 19.2 Å². The standard InChI is InChI=1S/C24H32N6O4.C23H23N5O/c31-20-6-5-19(22(32)26-20)30-23(33)17-3-1-4-18(21(17)24(30)34)29-15-13-28(14-16-29)10-2-9-27-11-7-25-8-12-27;24-22-20-21(16-11-13-19(14-12-16)29-18-9-5-2-6-10-18)27-28(23(20)26-15-25-22)17-7-3-1-4-8-17/h1,3-4,19,25H,2,5-16H2,(H,26,31,32);2,5-6,9-15,17H,1,3-4,7-8H2,(H2,24,25,26). The van der Waals surface area contributed by atoms with E-state index in [0.717, 1.165) is 129 Å². The molecule has 0 radical (unpaired) electrons. The first-order valence-electron chi connectivity index (χ1n) is 22.4. The molecule has 4 N–H and O–H groups in total. The Morgan fingerprint density at radius 1 is 0.730 bits per heavy atom. The van der Waals surface area contributed by atoms with Crippen LogP contribution in [0.5, 0.6) is 11.5 Å². The van der Waals surface area contributed by atoms with E-state index in [2.05, 4.69) is 40.0 Å². The number of nitrogens with two attached hydrogens (primary N) is 1. The lowest BCUT2D eigenvalue weighted by molar-refractivity contribution is -0.136. The second-order valence-corrected chi connectivity index (χ2v) is 16.9. The van der Waals surface area contributed by atoms with Crippen molar-refractivity contribution in [2.24, 2.45) is 0 Å². The Bertz CT molecular complexity index is 2440. The van der Waals surface area contributed by atoms with Crippen molar-refractivity contribution in [2.45, 2.75) is 63.5 Å². The molecular weight excluding hydrogens is 799 g/mol. The molecule has 4 amide bonds. The van der Waals surface area contributed by atoms with Crippen molar-refractivity contribution in [2.75, 3.05) is 76.1 Å². The van der Waals surface area contributed by atoms with E-state index in [1.807, 2.05) is 60.7 Å². The summed E-state index contributed by atoms with van der Waals surface area (Å²) in [6, 6.07) is 22.4. The van der Waals surface area contributed by atoms with Crippen LogP contribution in [0.2, 0.25) is 0 Å². The van der Waals surface area contributed by atoms with Gasteiger partial charge < -0.3 is 25.6 Å². The summed E-state index contributed by atoms with van der Waals surface area (Å²) >= 11 is 0. The Kier molecular flexibility index (Phi) is 12.7. The topological polar surface area (TPSA) is 184 Å². The molecule has 63 heavy (non-hydrogen) atoms. The zero-order chi connectivity index (χ0) is 43.3. The van der Waals surface area contributed by atoms with Gasteiger partial charge in [-0.3, -0.25) is 34.3 Å². The number of benzene rings is 3. The molecule has 2 aromatic heterocycles. The van der Waals surface area contributed by atoms with Crippen molar-refractivity contribution < 1.29 is 23.9 Å². The van der Waals surface area contributed by atoms with Crippen LogP contribution in [0.1, 0.15) is 78.1 Å². The number of rotatable bonds is 10. The molecule has 5 aliphatic rings. The maximum atomic E-state index is 13.3. The van der Waals surface area contributed by atoms with Gasteiger partial charge in [0.2, 0.25) is 11.8 Å². The van der Waals surface area contributed by atoms with Gasteiger partial charge in [-0.15, -0.1) is 0 Å². The van der Waals surface area contributed by atoms with Crippen LogP contribution in [-0.4, -0.2) is 130 Å². The minimum absolute atomic E-state index is 0.118. The molecule has 10 rings (SSSR count). The summed E-state index contributed by atoms with van der Waals surface area (Å²) in [5.41, 5.74) is 10.3. The average molecular weight is 854 g/mol. The minimum atomic E-state index is -0.939. The number of imide groups is 2. The fourth-order valence-electron chi connectivity index (χ4n) is 9.51. The number of ether oxygens (including phenoxy) is 1. The number of carbonyl (C=O) groups excluding carboxylic acids is 4. The van der Waals surface area contributed by atoms with Crippen molar-refractivity contribution in [3.05, 3.63) is 90.3 Å². The largest absolute Gasteiger partial charge is 0.457 e. The minimum Gasteiger partial charge on any atom is -0.457 e. The molecular formula is C47H55N11O5. The van der Waals surface area contributed by atoms with Crippen molar-refractivity contribution >= 4 is 46.2 Å². The van der Waals surface area contributed by atoms with Crippen LogP contribution in [0.4, 0.5) is 11.5 Å². The summed E-state index contributed by atoms with van der Waals surface area (Å²) in [4.78, 5) is 67.2. The Hall–Kier alpha value is -6.23. The predicted molar refractivity (Wildman–Crippen MR) is 240 cm³/mol. The highest BCUT2D eigenvalue weighted by Gasteiger charge is 2.46. The maximum Gasteiger partial charge on any atom is 0.264 e. The zero-order valence-electron chi connectivity index (χ0n) is 35.6. The summed E-state index contributed by atoms with van der Waals surface area (Å²) in [5.74, 6) is 0.208. The molecule has 1 unspecified atom stereocenters. The number of hydrogen-bond acceptors (Lipinski definition) is 13. The molecule has 1 atom stereocenters. The number of piperidine rings is 1. The molecule has 6 heterocycles. The third-order valence-electron chi connectivity index (χ3n) is 12.9. The molecule has 4 aliphatic heterocycles. The van der Waals surface area contributed by atoms with Crippen LogP contribution in [0.3, 0.4) is 0 Å². The van der Waals surface area contributed by atoms with Gasteiger partial charge >= 0.3 is 0 Å². The van der Waals surface area contributed by atoms with Gasteiger partial charge in [0.05, 0.1) is 28.2 Å². The molecule has 328 valence electrons. The van der Waals surface area contributed by atoms with Gasteiger partial charge in [-0.05, 0) is 87.3 Å². The monoisotopic (exact) mass is 853 g/mol. The summed E-state index contributed by atoms with van der Waals surface area (Å²) in [7, 11) is 0. The number of anilines is 2. The molecule has 16 nitrogen and oxygen atoms in total. The molecule has 5 aromatic rings. The van der Waals surface area contributed by atoms with E-state index in [4.69, 9.17) is 15.6 Å². The number of nitrogens with one attached hydrogen (secondary N) is 2. The highest BCUT2D eigenvalue weighted by molar-refractivity contribution is 6.25. The third kappa shape index (κ3) is 9.15. The number of piperazine rings is 2. The van der Waals surface area contributed by atoms with Gasteiger partial charge in [0, 0.05) is 64.3 Å². The maximum absolute atomic E-state index is 13.3. The third-order valence-corrected chi connectivity index (χ3v) is 12.9. The summed E-state index contributed by atoms with van der Waals surface area (Å²) < 4.78 is 7.97. The van der Waals surface area contributed by atoms with E-state index in [1.54, 1.807) is 12.1 Å². The van der Waals surface area contributed by atoms with E-state index >= 15 is 0 Å².